The van der Waals surface area contributed by atoms with Crippen LogP contribution in [0.15, 0.2) is 10.1 Å². The van der Waals surface area contributed by atoms with E-state index in [1.165, 1.54) is 11.3 Å². The molecule has 1 aromatic rings. The molecule has 1 N–H and O–H groups in total. The summed E-state index contributed by atoms with van der Waals surface area (Å²) in [6.07, 6.45) is 0.782. The normalized spacial score (nSPS) is 33.9. The van der Waals surface area contributed by atoms with Crippen molar-refractivity contribution in [3.63, 3.8) is 0 Å². The van der Waals surface area contributed by atoms with Crippen LogP contribution >= 0.6 is 27.3 Å². The van der Waals surface area contributed by atoms with Gasteiger partial charge in [0.25, 0.3) is 0 Å². The van der Waals surface area contributed by atoms with Crippen LogP contribution in [-0.4, -0.2) is 34.6 Å². The maximum absolute atomic E-state index is 10.5. The molecule has 1 fully saturated rings. The summed E-state index contributed by atoms with van der Waals surface area (Å²) < 4.78 is 0.785. The molecule has 3 nitrogen and oxygen atoms in total. The number of nitrogens with zero attached hydrogens (tertiary/aromatic N) is 2. The van der Waals surface area contributed by atoms with Gasteiger partial charge in [0.15, 0.2) is 0 Å². The molecule has 1 aliphatic heterocycles. The molecule has 0 aromatic carbocycles. The van der Waals surface area contributed by atoms with Gasteiger partial charge in [-0.2, -0.15) is 0 Å². The van der Waals surface area contributed by atoms with E-state index in [4.69, 9.17) is 0 Å². The fraction of sp³-hybridized carbons (Fsp3) is 0.667. The first-order chi connectivity index (χ1) is 6.53. The molecule has 1 saturated heterocycles. The molecule has 2 unspecified atom stereocenters. The Morgan fingerprint density at radius 3 is 2.93 bits per heavy atom. The minimum Gasteiger partial charge on any atom is -0.383 e. The molecule has 5 heteroatoms. The summed E-state index contributed by atoms with van der Waals surface area (Å²) >= 11 is 4.89. The second-order valence-electron chi connectivity index (χ2n) is 3.97. The molecule has 78 valence electrons. The molecule has 0 bridgehead atoms. The van der Waals surface area contributed by atoms with Crippen LogP contribution in [0.5, 0.6) is 0 Å². The number of rotatable bonds is 1. The summed E-state index contributed by atoms with van der Waals surface area (Å²) in [6.45, 7) is 2.82. The zero-order valence-corrected chi connectivity index (χ0v) is 10.6. The van der Waals surface area contributed by atoms with E-state index in [9.17, 15) is 5.11 Å². The molecule has 0 saturated carbocycles. The van der Waals surface area contributed by atoms with Gasteiger partial charge in [-0.05, 0) is 36.3 Å². The van der Waals surface area contributed by atoms with Gasteiger partial charge in [-0.15, -0.1) is 11.3 Å². The summed E-state index contributed by atoms with van der Waals surface area (Å²) in [5, 5.41) is 10.5. The van der Waals surface area contributed by atoms with Crippen LogP contribution in [0.2, 0.25) is 0 Å². The minimum absolute atomic E-state index is 0.425. The lowest BCUT2D eigenvalue weighted by molar-refractivity contribution is 0.0514. The van der Waals surface area contributed by atoms with Gasteiger partial charge in [-0.1, -0.05) is 0 Å². The average Bonchev–Trinajstić information content (AvgIpc) is 2.59. The number of halogens is 1. The maximum Gasteiger partial charge on any atom is 0.123 e. The molecule has 0 aliphatic carbocycles. The maximum atomic E-state index is 10.5. The van der Waals surface area contributed by atoms with E-state index in [0.717, 1.165) is 15.9 Å². The fourth-order valence-electron chi connectivity index (χ4n) is 1.98. The molecule has 14 heavy (non-hydrogen) atoms. The van der Waals surface area contributed by atoms with Crippen molar-refractivity contribution in [3.8, 4) is 0 Å². The fourth-order valence-corrected chi connectivity index (χ4v) is 3.64. The van der Waals surface area contributed by atoms with E-state index in [-0.39, 0.29) is 0 Å². The zero-order chi connectivity index (χ0) is 10.3. The molecule has 2 rings (SSSR count). The zero-order valence-electron chi connectivity index (χ0n) is 8.20. The highest BCUT2D eigenvalue weighted by molar-refractivity contribution is 9.10. The van der Waals surface area contributed by atoms with E-state index in [2.05, 4.69) is 32.7 Å². The Balaban J connectivity index is 2.31. The Kier molecular flexibility index (Phi) is 2.68. The number of β-amino-alcohol motifs (C(OH)–C–C–N with tert-alkyl or cyclic N) is 1. The predicted octanol–water partition coefficient (Wildman–Crippen LogP) is 1.82. The van der Waals surface area contributed by atoms with Gasteiger partial charge in [-0.25, -0.2) is 4.98 Å². The van der Waals surface area contributed by atoms with Crippen molar-refractivity contribution in [2.75, 3.05) is 13.6 Å². The summed E-state index contributed by atoms with van der Waals surface area (Å²) in [5.41, 5.74) is 1.05. The second kappa shape index (κ2) is 3.56. The van der Waals surface area contributed by atoms with Crippen LogP contribution in [0.3, 0.4) is 0 Å². The number of hydrogen-bond acceptors (Lipinski definition) is 4. The quantitative estimate of drug-likeness (QED) is 0.850. The molecule has 0 amide bonds. The van der Waals surface area contributed by atoms with Crippen LogP contribution in [0.4, 0.5) is 0 Å². The van der Waals surface area contributed by atoms with Gasteiger partial charge < -0.3 is 10.0 Å². The van der Waals surface area contributed by atoms with Crippen LogP contribution in [0.25, 0.3) is 0 Å². The lowest BCUT2D eigenvalue weighted by Gasteiger charge is -2.20. The van der Waals surface area contributed by atoms with E-state index in [1.807, 2.05) is 7.05 Å². The van der Waals surface area contributed by atoms with Crippen molar-refractivity contribution in [3.05, 3.63) is 15.0 Å². The first-order valence-electron chi connectivity index (χ1n) is 4.55. The Hall–Kier alpha value is 0.0300. The first-order valence-corrected chi connectivity index (χ1v) is 6.22. The Morgan fingerprint density at radius 2 is 2.50 bits per heavy atom. The van der Waals surface area contributed by atoms with Gasteiger partial charge in [0.1, 0.15) is 10.2 Å². The van der Waals surface area contributed by atoms with Gasteiger partial charge in [0.2, 0.25) is 0 Å². The van der Waals surface area contributed by atoms with Crippen molar-refractivity contribution in [1.29, 1.82) is 0 Å². The van der Waals surface area contributed by atoms with Crippen LogP contribution in [0, 0.1) is 0 Å². The topological polar surface area (TPSA) is 36.4 Å². The van der Waals surface area contributed by atoms with Crippen molar-refractivity contribution >= 4 is 27.3 Å². The van der Waals surface area contributed by atoms with E-state index >= 15 is 0 Å². The van der Waals surface area contributed by atoms with Crippen LogP contribution in [0.1, 0.15) is 18.2 Å². The second-order valence-corrected chi connectivity index (χ2v) is 5.58. The van der Waals surface area contributed by atoms with Gasteiger partial charge in [-0.3, -0.25) is 0 Å². The van der Waals surface area contributed by atoms with Gasteiger partial charge in [0.05, 0.1) is 10.4 Å². The van der Waals surface area contributed by atoms with Crippen LogP contribution < -0.4 is 0 Å². The summed E-state index contributed by atoms with van der Waals surface area (Å²) in [7, 11) is 2.04. The predicted molar refractivity (Wildman–Crippen MR) is 60.4 cm³/mol. The molecule has 2 heterocycles. The van der Waals surface area contributed by atoms with Crippen molar-refractivity contribution < 1.29 is 5.11 Å². The van der Waals surface area contributed by atoms with Gasteiger partial charge in [0, 0.05) is 12.6 Å². The Labute approximate surface area is 95.9 Å². The smallest absolute Gasteiger partial charge is 0.123 e. The number of aliphatic hydroxyl groups is 1. The minimum atomic E-state index is -0.714. The highest BCUT2D eigenvalue weighted by Crippen LogP contribution is 2.40. The Bertz CT molecular complexity index is 331. The third-order valence-electron chi connectivity index (χ3n) is 2.84. The number of aromatic nitrogens is 1. The monoisotopic (exact) mass is 276 g/mol. The van der Waals surface area contributed by atoms with Gasteiger partial charge >= 0.3 is 0 Å². The average molecular weight is 277 g/mol. The van der Waals surface area contributed by atoms with Crippen molar-refractivity contribution in [1.82, 2.24) is 9.88 Å². The molecule has 1 aliphatic rings. The highest BCUT2D eigenvalue weighted by Gasteiger charge is 2.42. The molecular formula is C9H13BrN2OS. The lowest BCUT2D eigenvalue weighted by atomic mass is 10.00. The molecular weight excluding hydrogens is 264 g/mol. The van der Waals surface area contributed by atoms with Crippen molar-refractivity contribution in [2.24, 2.45) is 0 Å². The Morgan fingerprint density at radius 1 is 1.79 bits per heavy atom. The molecule has 0 radical (unpaired) electrons. The molecule has 2 atom stereocenters. The third-order valence-corrected chi connectivity index (χ3v) is 4.73. The summed E-state index contributed by atoms with van der Waals surface area (Å²) in [5.74, 6) is 0. The molecule has 1 aromatic heterocycles. The third kappa shape index (κ3) is 1.62. The standard InChI is InChI=1S/C9H13BrN2OS/c1-6-3-9(13,4-12(6)2)7-8(10)11-5-14-7/h5-6,13H,3-4H2,1-2H3. The molecule has 0 spiro atoms. The SMILES string of the molecule is CC1CC(O)(c2scnc2Br)CN1C. The number of hydrogen-bond donors (Lipinski definition) is 1. The summed E-state index contributed by atoms with van der Waals surface area (Å²) in [4.78, 5) is 7.24. The lowest BCUT2D eigenvalue weighted by Crippen LogP contribution is -2.28. The number of likely N-dealkylation sites (tertiary alicyclic amines) is 1. The van der Waals surface area contributed by atoms with Crippen molar-refractivity contribution in [2.45, 2.75) is 25.0 Å². The van der Waals surface area contributed by atoms with E-state index in [1.54, 1.807) is 5.51 Å². The number of thiazole rings is 1. The first kappa shape index (κ1) is 10.5. The summed E-state index contributed by atoms with van der Waals surface area (Å²) in [6, 6.07) is 0.425. The van der Waals surface area contributed by atoms with Crippen LogP contribution in [-0.2, 0) is 5.60 Å². The largest absolute Gasteiger partial charge is 0.383 e. The highest BCUT2D eigenvalue weighted by atomic mass is 79.9. The number of likely N-dealkylation sites (N-methyl/N-ethyl adjacent to an activating group) is 1. The van der Waals surface area contributed by atoms with E-state index < -0.39 is 5.60 Å². The van der Waals surface area contributed by atoms with E-state index in [0.29, 0.717) is 12.6 Å².